The fourth-order valence-corrected chi connectivity index (χ4v) is 5.48. The molecule has 0 aliphatic carbocycles. The normalized spacial score (nSPS) is 11.3. The molecule has 0 aliphatic heterocycles. The van der Waals surface area contributed by atoms with Gasteiger partial charge in [0.05, 0.1) is 29.4 Å². The molecule has 32 heavy (non-hydrogen) atoms. The Labute approximate surface area is 196 Å². The van der Waals surface area contributed by atoms with Gasteiger partial charge in [0.1, 0.15) is 5.65 Å². The standard InChI is InChI=1S/C24H16ClFN2O2S2/c1-30-20-10-9-14(11-18(20)26)13-27-22-21(15-5-4-6-16(25)12-15)32-24(31)28(22)19-8-3-2-7-17(19)23(27)29/h2-12H,13H2,1H3. The molecule has 2 aromatic heterocycles. The number of fused-ring (bicyclic) bond motifs is 3. The Balaban J connectivity index is 1.86. The van der Waals surface area contributed by atoms with Crippen LogP contribution in [0.5, 0.6) is 5.75 Å². The summed E-state index contributed by atoms with van der Waals surface area (Å²) < 4.78 is 23.6. The highest BCUT2D eigenvalue weighted by Crippen LogP contribution is 2.34. The van der Waals surface area contributed by atoms with Crippen LogP contribution in [-0.4, -0.2) is 16.1 Å². The molecule has 160 valence electrons. The molecule has 0 unspecified atom stereocenters. The van der Waals surface area contributed by atoms with Gasteiger partial charge < -0.3 is 4.74 Å². The van der Waals surface area contributed by atoms with Crippen molar-refractivity contribution in [3.8, 4) is 16.2 Å². The Morgan fingerprint density at radius 2 is 1.91 bits per heavy atom. The smallest absolute Gasteiger partial charge is 0.261 e. The van der Waals surface area contributed by atoms with Gasteiger partial charge >= 0.3 is 0 Å². The topological polar surface area (TPSA) is 35.6 Å². The van der Waals surface area contributed by atoms with E-state index >= 15 is 0 Å². The van der Waals surface area contributed by atoms with Crippen LogP contribution in [0, 0.1) is 9.77 Å². The molecule has 0 radical (unpaired) electrons. The molecule has 4 nitrogen and oxygen atoms in total. The van der Waals surface area contributed by atoms with E-state index in [0.29, 0.717) is 25.6 Å². The van der Waals surface area contributed by atoms with Crippen molar-refractivity contribution in [3.63, 3.8) is 0 Å². The fourth-order valence-electron chi connectivity index (χ4n) is 3.87. The Morgan fingerprint density at radius 3 is 2.66 bits per heavy atom. The molecule has 0 saturated carbocycles. The number of aromatic nitrogens is 2. The van der Waals surface area contributed by atoms with Crippen molar-refractivity contribution in [2.45, 2.75) is 6.54 Å². The van der Waals surface area contributed by atoms with Crippen molar-refractivity contribution in [2.24, 2.45) is 0 Å². The highest BCUT2D eigenvalue weighted by atomic mass is 35.5. The van der Waals surface area contributed by atoms with E-state index < -0.39 is 5.82 Å². The lowest BCUT2D eigenvalue weighted by Gasteiger charge is -2.14. The molecular formula is C24H16ClFN2O2S2. The van der Waals surface area contributed by atoms with Gasteiger partial charge in [0, 0.05) is 5.02 Å². The maximum Gasteiger partial charge on any atom is 0.261 e. The van der Waals surface area contributed by atoms with Gasteiger partial charge in [-0.2, -0.15) is 0 Å². The molecule has 3 aromatic carbocycles. The van der Waals surface area contributed by atoms with Gasteiger partial charge in [-0.05, 0) is 59.7 Å². The lowest BCUT2D eigenvalue weighted by atomic mass is 10.1. The number of para-hydroxylation sites is 1. The molecule has 0 spiro atoms. The van der Waals surface area contributed by atoms with E-state index in [0.717, 1.165) is 16.0 Å². The number of ether oxygens (including phenoxy) is 1. The Kier molecular flexibility index (Phi) is 5.33. The molecule has 0 fully saturated rings. The first kappa shape index (κ1) is 20.9. The van der Waals surface area contributed by atoms with Crippen LogP contribution in [-0.2, 0) is 6.54 Å². The average Bonchev–Trinajstić information content (AvgIpc) is 3.14. The van der Waals surface area contributed by atoms with Gasteiger partial charge in [-0.15, -0.1) is 11.3 Å². The number of hydrogen-bond donors (Lipinski definition) is 0. The number of hydrogen-bond acceptors (Lipinski definition) is 4. The summed E-state index contributed by atoms with van der Waals surface area (Å²) in [6.07, 6.45) is 0. The fraction of sp³-hybridized carbons (Fsp3) is 0.0833. The number of methoxy groups -OCH3 is 1. The average molecular weight is 483 g/mol. The van der Waals surface area contributed by atoms with Crippen molar-refractivity contribution < 1.29 is 9.13 Å². The van der Waals surface area contributed by atoms with Crippen molar-refractivity contribution in [1.29, 1.82) is 0 Å². The highest BCUT2D eigenvalue weighted by molar-refractivity contribution is 7.73. The zero-order valence-corrected chi connectivity index (χ0v) is 19.2. The number of rotatable bonds is 4. The molecule has 0 bridgehead atoms. The molecule has 2 heterocycles. The summed E-state index contributed by atoms with van der Waals surface area (Å²) in [5.74, 6) is -0.325. The largest absolute Gasteiger partial charge is 0.494 e. The van der Waals surface area contributed by atoms with Crippen LogP contribution in [0.15, 0.2) is 71.5 Å². The minimum Gasteiger partial charge on any atom is -0.494 e. The van der Waals surface area contributed by atoms with E-state index in [2.05, 4.69) is 0 Å². The van der Waals surface area contributed by atoms with E-state index in [1.54, 1.807) is 28.8 Å². The zero-order valence-electron chi connectivity index (χ0n) is 16.8. The first-order valence-electron chi connectivity index (χ1n) is 9.73. The maximum atomic E-state index is 14.4. The van der Waals surface area contributed by atoms with Gasteiger partial charge in [-0.25, -0.2) is 4.39 Å². The summed E-state index contributed by atoms with van der Waals surface area (Å²) in [4.78, 5) is 14.4. The van der Waals surface area contributed by atoms with E-state index in [4.69, 9.17) is 28.6 Å². The molecule has 5 rings (SSSR count). The van der Waals surface area contributed by atoms with E-state index in [-0.39, 0.29) is 17.9 Å². The first-order chi connectivity index (χ1) is 15.5. The van der Waals surface area contributed by atoms with Crippen LogP contribution in [0.1, 0.15) is 5.56 Å². The van der Waals surface area contributed by atoms with Crippen molar-refractivity contribution in [2.75, 3.05) is 7.11 Å². The summed E-state index contributed by atoms with van der Waals surface area (Å²) >= 11 is 13.4. The van der Waals surface area contributed by atoms with Crippen LogP contribution in [0.25, 0.3) is 27.0 Å². The SMILES string of the molecule is COc1ccc(Cn2c(=O)c3ccccc3n3c(=S)sc(-c4cccc(Cl)c4)c23)cc1F. The second-order valence-corrected chi connectivity index (χ2v) is 9.32. The molecule has 8 heteroatoms. The predicted octanol–water partition coefficient (Wildman–Crippen LogP) is 6.56. The molecule has 0 atom stereocenters. The summed E-state index contributed by atoms with van der Waals surface area (Å²) in [6, 6.07) is 19.5. The minimum absolute atomic E-state index is 0.155. The Hall–Kier alpha value is -3.00. The summed E-state index contributed by atoms with van der Waals surface area (Å²) in [7, 11) is 1.42. The lowest BCUT2D eigenvalue weighted by molar-refractivity contribution is 0.386. The number of benzene rings is 3. The van der Waals surface area contributed by atoms with Gasteiger partial charge in [-0.3, -0.25) is 13.8 Å². The minimum atomic E-state index is -0.480. The van der Waals surface area contributed by atoms with E-state index in [1.807, 2.05) is 40.8 Å². The monoisotopic (exact) mass is 482 g/mol. The maximum absolute atomic E-state index is 14.4. The second kappa shape index (κ2) is 8.16. The number of nitrogens with zero attached hydrogens (tertiary/aromatic N) is 2. The highest BCUT2D eigenvalue weighted by Gasteiger charge is 2.19. The summed E-state index contributed by atoms with van der Waals surface area (Å²) in [5, 5.41) is 1.13. The third kappa shape index (κ3) is 3.43. The first-order valence-corrected chi connectivity index (χ1v) is 11.3. The molecule has 0 aliphatic rings. The van der Waals surface area contributed by atoms with Crippen LogP contribution in [0.2, 0.25) is 5.02 Å². The summed E-state index contributed by atoms with van der Waals surface area (Å²) in [6.45, 7) is 0.174. The molecular weight excluding hydrogens is 467 g/mol. The van der Waals surface area contributed by atoms with Crippen LogP contribution in [0.4, 0.5) is 4.39 Å². The zero-order chi connectivity index (χ0) is 22.4. The van der Waals surface area contributed by atoms with E-state index in [9.17, 15) is 9.18 Å². The lowest BCUT2D eigenvalue weighted by Crippen LogP contribution is -2.23. The second-order valence-electron chi connectivity index (χ2n) is 7.24. The Bertz CT molecular complexity index is 1620. The summed E-state index contributed by atoms with van der Waals surface area (Å²) in [5.41, 5.74) is 2.71. The molecule has 0 saturated heterocycles. The number of halogens is 2. The van der Waals surface area contributed by atoms with Crippen LogP contribution >= 0.6 is 35.2 Å². The number of thiazole rings is 1. The van der Waals surface area contributed by atoms with Crippen molar-refractivity contribution >= 4 is 51.7 Å². The van der Waals surface area contributed by atoms with Gasteiger partial charge in [0.15, 0.2) is 15.5 Å². The molecule has 5 aromatic rings. The third-order valence-electron chi connectivity index (χ3n) is 5.31. The van der Waals surface area contributed by atoms with Gasteiger partial charge in [0.2, 0.25) is 0 Å². The third-order valence-corrected chi connectivity index (χ3v) is 6.95. The Morgan fingerprint density at radius 1 is 1.09 bits per heavy atom. The van der Waals surface area contributed by atoms with Crippen molar-refractivity contribution in [3.05, 3.63) is 97.4 Å². The van der Waals surface area contributed by atoms with Crippen LogP contribution < -0.4 is 10.3 Å². The molecule has 0 amide bonds. The van der Waals surface area contributed by atoms with Crippen LogP contribution in [0.3, 0.4) is 0 Å². The quantitative estimate of drug-likeness (QED) is 0.272. The molecule has 0 N–H and O–H groups in total. The van der Waals surface area contributed by atoms with Crippen molar-refractivity contribution in [1.82, 2.24) is 8.97 Å². The predicted molar refractivity (Wildman–Crippen MR) is 130 cm³/mol. The van der Waals surface area contributed by atoms with Gasteiger partial charge in [0.25, 0.3) is 5.56 Å². The van der Waals surface area contributed by atoms with E-state index in [1.165, 1.54) is 24.5 Å². The van der Waals surface area contributed by atoms with Gasteiger partial charge in [-0.1, -0.05) is 41.9 Å².